The molecule has 0 aromatic carbocycles. The Morgan fingerprint density at radius 3 is 2.82 bits per heavy atom. The normalized spacial score (nSPS) is 21.6. The highest BCUT2D eigenvalue weighted by Gasteiger charge is 2.26. The minimum Gasteiger partial charge on any atom is -0.393 e. The Morgan fingerprint density at radius 2 is 2.23 bits per heavy atom. The molecule has 0 saturated heterocycles. The molecule has 1 N–H and O–H groups in total. The average molecular weight is 310 g/mol. The number of nitro groups is 1. The molecule has 8 heteroatoms. The number of aliphatic hydroxyl groups excluding tert-OH is 1. The summed E-state index contributed by atoms with van der Waals surface area (Å²) in [5.41, 5.74) is 0. The molecular formula is C14H22N4O4. The Morgan fingerprint density at radius 1 is 1.55 bits per heavy atom. The number of imidazole rings is 1. The molecule has 1 saturated carbocycles. The van der Waals surface area contributed by atoms with E-state index in [4.69, 9.17) is 0 Å². The third-order valence-corrected chi connectivity index (χ3v) is 4.26. The van der Waals surface area contributed by atoms with E-state index in [0.717, 1.165) is 25.7 Å². The van der Waals surface area contributed by atoms with Crippen molar-refractivity contribution in [3.63, 3.8) is 0 Å². The lowest BCUT2D eigenvalue weighted by molar-refractivity contribution is -0.389. The fourth-order valence-electron chi connectivity index (χ4n) is 2.86. The SMILES string of the molecule is Cc1nc([N+](=O)[O-])cn1CC(=O)N(C)CC1CCCCC1O. The van der Waals surface area contributed by atoms with E-state index in [-0.39, 0.29) is 30.3 Å². The number of carbonyl (C=O) groups excluding carboxylic acids is 1. The smallest absolute Gasteiger partial charge is 0.381 e. The summed E-state index contributed by atoms with van der Waals surface area (Å²) in [6.07, 6.45) is 4.76. The molecule has 1 aliphatic rings. The quantitative estimate of drug-likeness (QED) is 0.648. The number of aliphatic hydroxyl groups is 1. The van der Waals surface area contributed by atoms with E-state index in [1.165, 1.54) is 10.8 Å². The molecule has 0 radical (unpaired) electrons. The molecule has 0 aliphatic heterocycles. The Bertz CT molecular complexity index is 557. The summed E-state index contributed by atoms with van der Waals surface area (Å²) in [6, 6.07) is 0. The first-order valence-electron chi connectivity index (χ1n) is 7.48. The van der Waals surface area contributed by atoms with Crippen LogP contribution in [0.4, 0.5) is 5.82 Å². The molecule has 1 aliphatic carbocycles. The summed E-state index contributed by atoms with van der Waals surface area (Å²) < 4.78 is 1.48. The summed E-state index contributed by atoms with van der Waals surface area (Å²) in [5.74, 6) is 0.149. The van der Waals surface area contributed by atoms with E-state index in [9.17, 15) is 20.0 Å². The molecular weight excluding hydrogens is 288 g/mol. The molecule has 8 nitrogen and oxygen atoms in total. The van der Waals surface area contributed by atoms with E-state index in [1.807, 2.05) is 0 Å². The zero-order valence-corrected chi connectivity index (χ0v) is 12.9. The van der Waals surface area contributed by atoms with Gasteiger partial charge in [0.1, 0.15) is 12.7 Å². The molecule has 1 heterocycles. The third kappa shape index (κ3) is 3.82. The van der Waals surface area contributed by atoms with Gasteiger partial charge >= 0.3 is 5.82 Å². The Labute approximate surface area is 128 Å². The van der Waals surface area contributed by atoms with Crippen molar-refractivity contribution < 1.29 is 14.8 Å². The maximum absolute atomic E-state index is 12.2. The highest BCUT2D eigenvalue weighted by Crippen LogP contribution is 2.25. The van der Waals surface area contributed by atoms with Crippen molar-refractivity contribution in [3.05, 3.63) is 22.1 Å². The topological polar surface area (TPSA) is 102 Å². The van der Waals surface area contributed by atoms with Gasteiger partial charge < -0.3 is 20.1 Å². The van der Waals surface area contributed by atoms with Crippen molar-refractivity contribution >= 4 is 11.7 Å². The first kappa shape index (κ1) is 16.4. The van der Waals surface area contributed by atoms with Crippen molar-refractivity contribution in [2.75, 3.05) is 13.6 Å². The number of hydrogen-bond donors (Lipinski definition) is 1. The van der Waals surface area contributed by atoms with Crippen LogP contribution in [0.1, 0.15) is 31.5 Å². The van der Waals surface area contributed by atoms with Crippen molar-refractivity contribution in [1.82, 2.24) is 14.5 Å². The lowest BCUT2D eigenvalue weighted by Gasteiger charge is -2.31. The van der Waals surface area contributed by atoms with Crippen LogP contribution < -0.4 is 0 Å². The van der Waals surface area contributed by atoms with Crippen molar-refractivity contribution in [3.8, 4) is 0 Å². The fraction of sp³-hybridized carbons (Fsp3) is 0.714. The van der Waals surface area contributed by atoms with Gasteiger partial charge in [0.05, 0.1) is 6.10 Å². The van der Waals surface area contributed by atoms with Gasteiger partial charge in [-0.2, -0.15) is 0 Å². The Balaban J connectivity index is 1.95. The van der Waals surface area contributed by atoms with Gasteiger partial charge in [0.2, 0.25) is 11.7 Å². The summed E-state index contributed by atoms with van der Waals surface area (Å²) >= 11 is 0. The number of amides is 1. The van der Waals surface area contributed by atoms with E-state index in [1.54, 1.807) is 18.9 Å². The monoisotopic (exact) mass is 310 g/mol. The van der Waals surface area contributed by atoms with Crippen LogP contribution >= 0.6 is 0 Å². The number of likely N-dealkylation sites (N-methyl/N-ethyl adjacent to an activating group) is 1. The van der Waals surface area contributed by atoms with Gasteiger partial charge in [-0.05, 0) is 22.7 Å². The van der Waals surface area contributed by atoms with Gasteiger partial charge in [-0.15, -0.1) is 0 Å². The van der Waals surface area contributed by atoms with Crippen LogP contribution in [0.15, 0.2) is 6.20 Å². The first-order valence-corrected chi connectivity index (χ1v) is 7.48. The molecule has 22 heavy (non-hydrogen) atoms. The first-order chi connectivity index (χ1) is 10.4. The molecule has 2 unspecified atom stereocenters. The second-order valence-electron chi connectivity index (χ2n) is 5.92. The highest BCUT2D eigenvalue weighted by molar-refractivity contribution is 5.75. The van der Waals surface area contributed by atoms with Gasteiger partial charge in [-0.25, -0.2) is 0 Å². The van der Waals surface area contributed by atoms with Gasteiger partial charge in [0.15, 0.2) is 0 Å². The minimum absolute atomic E-state index is 0.0198. The van der Waals surface area contributed by atoms with Gasteiger partial charge in [-0.1, -0.05) is 12.8 Å². The van der Waals surface area contributed by atoms with E-state index >= 15 is 0 Å². The van der Waals surface area contributed by atoms with Gasteiger partial charge in [0.25, 0.3) is 0 Å². The Hall–Kier alpha value is -1.96. The lowest BCUT2D eigenvalue weighted by Crippen LogP contribution is -2.39. The summed E-state index contributed by atoms with van der Waals surface area (Å²) in [7, 11) is 1.70. The van der Waals surface area contributed by atoms with Gasteiger partial charge in [0, 0.05) is 26.4 Å². The number of rotatable bonds is 5. The number of hydrogen-bond acceptors (Lipinski definition) is 5. The van der Waals surface area contributed by atoms with Crippen LogP contribution in [0.2, 0.25) is 0 Å². The molecule has 1 aromatic heterocycles. The fourth-order valence-corrected chi connectivity index (χ4v) is 2.86. The number of nitrogens with zero attached hydrogens (tertiary/aromatic N) is 4. The largest absolute Gasteiger partial charge is 0.393 e. The summed E-state index contributed by atoms with van der Waals surface area (Å²) in [4.78, 5) is 27.8. The van der Waals surface area contributed by atoms with Gasteiger partial charge in [-0.3, -0.25) is 9.36 Å². The van der Waals surface area contributed by atoms with Crippen molar-refractivity contribution in [1.29, 1.82) is 0 Å². The predicted molar refractivity (Wildman–Crippen MR) is 79.2 cm³/mol. The second kappa shape index (κ2) is 6.87. The summed E-state index contributed by atoms with van der Waals surface area (Å²) in [6.45, 7) is 2.16. The van der Waals surface area contributed by atoms with Crippen LogP contribution in [-0.2, 0) is 11.3 Å². The molecule has 2 rings (SSSR count). The molecule has 1 fully saturated rings. The molecule has 1 aromatic rings. The molecule has 2 atom stereocenters. The number of aromatic nitrogens is 2. The summed E-state index contributed by atoms with van der Waals surface area (Å²) in [5, 5.41) is 20.7. The third-order valence-electron chi connectivity index (χ3n) is 4.26. The molecule has 0 spiro atoms. The van der Waals surface area contributed by atoms with Crippen LogP contribution in [0.5, 0.6) is 0 Å². The number of carbonyl (C=O) groups is 1. The zero-order valence-electron chi connectivity index (χ0n) is 12.9. The van der Waals surface area contributed by atoms with Crippen LogP contribution in [0.25, 0.3) is 0 Å². The molecule has 0 bridgehead atoms. The molecule has 1 amide bonds. The van der Waals surface area contributed by atoms with Crippen molar-refractivity contribution in [2.24, 2.45) is 5.92 Å². The van der Waals surface area contributed by atoms with E-state index < -0.39 is 4.92 Å². The maximum Gasteiger partial charge on any atom is 0.381 e. The van der Waals surface area contributed by atoms with E-state index in [2.05, 4.69) is 4.98 Å². The lowest BCUT2D eigenvalue weighted by atomic mass is 9.86. The molecule has 122 valence electrons. The standard InChI is InChI=1S/C14H22N4O4/c1-10-15-13(18(21)22)8-17(10)9-14(20)16(2)7-11-5-3-4-6-12(11)19/h8,11-12,19H,3-7,9H2,1-2H3. The Kier molecular flexibility index (Phi) is 5.12. The van der Waals surface area contributed by atoms with Crippen LogP contribution in [0.3, 0.4) is 0 Å². The second-order valence-corrected chi connectivity index (χ2v) is 5.92. The van der Waals surface area contributed by atoms with Crippen LogP contribution in [0, 0.1) is 23.0 Å². The number of aryl methyl sites for hydroxylation is 1. The zero-order chi connectivity index (χ0) is 16.3. The average Bonchev–Trinajstić information content (AvgIpc) is 2.83. The minimum atomic E-state index is -0.573. The van der Waals surface area contributed by atoms with Crippen LogP contribution in [-0.4, -0.2) is 50.1 Å². The predicted octanol–water partition coefficient (Wildman–Crippen LogP) is 1.11. The highest BCUT2D eigenvalue weighted by atomic mass is 16.6. The maximum atomic E-state index is 12.2. The van der Waals surface area contributed by atoms with E-state index in [0.29, 0.717) is 12.4 Å². The van der Waals surface area contributed by atoms with Crippen molar-refractivity contribution in [2.45, 2.75) is 45.3 Å².